The van der Waals surface area contributed by atoms with Crippen molar-refractivity contribution in [3.05, 3.63) is 17.2 Å². The smallest absolute Gasteiger partial charge is 0.293 e. The molecule has 1 fully saturated rings. The van der Waals surface area contributed by atoms with Crippen molar-refractivity contribution < 1.29 is 44.5 Å². The van der Waals surface area contributed by atoms with Crippen molar-refractivity contribution in [2.75, 3.05) is 26.8 Å². The van der Waals surface area contributed by atoms with Gasteiger partial charge < -0.3 is 39.7 Å². The van der Waals surface area contributed by atoms with Crippen LogP contribution in [-0.2, 0) is 20.8 Å². The molecule has 1 heterocycles. The Kier molecular flexibility index (Phi) is 8.05. The summed E-state index contributed by atoms with van der Waals surface area (Å²) >= 11 is 0. The SMILES string of the molecule is CCN(CC)Cc1cc(C2OC(CO)C(O)C(O)C2OC=O)c(O)c(OC)c1O. The van der Waals surface area contributed by atoms with Crippen LogP contribution in [-0.4, -0.2) is 88.1 Å². The van der Waals surface area contributed by atoms with Crippen molar-refractivity contribution in [2.24, 2.45) is 0 Å². The van der Waals surface area contributed by atoms with Gasteiger partial charge >= 0.3 is 0 Å². The van der Waals surface area contributed by atoms with Crippen LogP contribution in [0.1, 0.15) is 31.1 Å². The Balaban J connectivity index is 2.58. The molecule has 29 heavy (non-hydrogen) atoms. The van der Waals surface area contributed by atoms with Crippen molar-refractivity contribution in [2.45, 2.75) is 50.9 Å². The van der Waals surface area contributed by atoms with E-state index in [4.69, 9.17) is 14.2 Å². The van der Waals surface area contributed by atoms with Crippen molar-refractivity contribution in [3.8, 4) is 17.2 Å². The fourth-order valence-corrected chi connectivity index (χ4v) is 3.49. The Labute approximate surface area is 168 Å². The summed E-state index contributed by atoms with van der Waals surface area (Å²) in [6.07, 6.45) is -6.82. The predicted molar refractivity (Wildman–Crippen MR) is 101 cm³/mol. The quantitative estimate of drug-likeness (QED) is 0.339. The molecule has 10 heteroatoms. The number of hydrogen-bond donors (Lipinski definition) is 5. The summed E-state index contributed by atoms with van der Waals surface area (Å²) in [6.45, 7) is 5.17. The number of nitrogens with zero attached hydrogens (tertiary/aromatic N) is 1. The minimum atomic E-state index is -1.57. The van der Waals surface area contributed by atoms with E-state index in [1.54, 1.807) is 0 Å². The number of phenols is 2. The van der Waals surface area contributed by atoms with Crippen LogP contribution in [0, 0.1) is 0 Å². The number of aliphatic hydroxyl groups excluding tert-OH is 3. The van der Waals surface area contributed by atoms with Gasteiger partial charge in [-0.1, -0.05) is 13.8 Å². The number of carbonyl (C=O) groups excluding carboxylic acids is 1. The largest absolute Gasteiger partial charge is 0.504 e. The van der Waals surface area contributed by atoms with Gasteiger partial charge in [0.25, 0.3) is 6.47 Å². The Morgan fingerprint density at radius 2 is 1.83 bits per heavy atom. The van der Waals surface area contributed by atoms with Crippen LogP contribution in [0.3, 0.4) is 0 Å². The predicted octanol–water partition coefficient (Wildman–Crippen LogP) is -0.356. The Bertz CT molecular complexity index is 695. The summed E-state index contributed by atoms with van der Waals surface area (Å²) < 4.78 is 15.7. The van der Waals surface area contributed by atoms with Gasteiger partial charge in [0.05, 0.1) is 13.7 Å². The highest BCUT2D eigenvalue weighted by atomic mass is 16.6. The molecule has 5 unspecified atom stereocenters. The third-order valence-electron chi connectivity index (χ3n) is 5.22. The standard InChI is InChI=1S/C19H29NO9/c1-4-20(5-2)7-10-6-11(14(24)18(27-3)13(10)23)17-19(28-9-22)16(26)15(25)12(8-21)29-17/h6,9,12,15-17,19,21,23-26H,4-5,7-8H2,1-3H3. The maximum Gasteiger partial charge on any atom is 0.293 e. The molecular formula is C19H29NO9. The van der Waals surface area contributed by atoms with Crippen molar-refractivity contribution in [1.82, 2.24) is 4.90 Å². The van der Waals surface area contributed by atoms with Crippen LogP contribution in [0.25, 0.3) is 0 Å². The maximum absolute atomic E-state index is 11.0. The first-order chi connectivity index (χ1) is 13.8. The zero-order valence-corrected chi connectivity index (χ0v) is 16.7. The first-order valence-corrected chi connectivity index (χ1v) is 9.39. The van der Waals surface area contributed by atoms with Crippen LogP contribution in [0.4, 0.5) is 0 Å². The van der Waals surface area contributed by atoms with Crippen LogP contribution in [0.5, 0.6) is 17.2 Å². The Morgan fingerprint density at radius 1 is 1.17 bits per heavy atom. The van der Waals surface area contributed by atoms with Crippen molar-refractivity contribution in [1.29, 1.82) is 0 Å². The number of carbonyl (C=O) groups is 1. The molecule has 1 aromatic rings. The average Bonchev–Trinajstić information content (AvgIpc) is 2.72. The lowest BCUT2D eigenvalue weighted by atomic mass is 9.89. The number of aromatic hydroxyl groups is 2. The average molecular weight is 415 g/mol. The molecule has 0 bridgehead atoms. The summed E-state index contributed by atoms with van der Waals surface area (Å²) in [5, 5.41) is 51.1. The molecule has 5 atom stereocenters. The van der Waals surface area contributed by atoms with E-state index in [9.17, 15) is 30.3 Å². The molecule has 0 aliphatic carbocycles. The molecular weight excluding hydrogens is 386 g/mol. The molecule has 10 nitrogen and oxygen atoms in total. The van der Waals surface area contributed by atoms with Crippen LogP contribution in [0.2, 0.25) is 0 Å². The summed E-state index contributed by atoms with van der Waals surface area (Å²) in [7, 11) is 1.27. The van der Waals surface area contributed by atoms with Gasteiger partial charge in [0.1, 0.15) is 24.4 Å². The second-order valence-corrected chi connectivity index (χ2v) is 6.77. The molecule has 1 aliphatic heterocycles. The minimum absolute atomic E-state index is 0.0815. The number of rotatable bonds is 9. The topological polar surface area (TPSA) is 149 Å². The highest BCUT2D eigenvalue weighted by molar-refractivity contribution is 5.59. The lowest BCUT2D eigenvalue weighted by Gasteiger charge is -2.41. The number of ether oxygens (including phenoxy) is 3. The Hall–Kier alpha value is -2.11. The first kappa shape index (κ1) is 23.2. The number of aliphatic hydroxyl groups is 3. The van der Waals surface area contributed by atoms with Gasteiger partial charge in [-0.15, -0.1) is 0 Å². The third kappa shape index (κ3) is 4.57. The lowest BCUT2D eigenvalue weighted by Crippen LogP contribution is -2.56. The second kappa shape index (κ2) is 10.1. The Morgan fingerprint density at radius 3 is 2.34 bits per heavy atom. The molecule has 0 amide bonds. The zero-order valence-electron chi connectivity index (χ0n) is 16.7. The van der Waals surface area contributed by atoms with Gasteiger partial charge in [0, 0.05) is 17.7 Å². The van der Waals surface area contributed by atoms with Crippen LogP contribution >= 0.6 is 0 Å². The molecule has 0 saturated carbocycles. The van der Waals surface area contributed by atoms with Crippen LogP contribution in [0.15, 0.2) is 6.07 Å². The van der Waals surface area contributed by atoms with E-state index in [2.05, 4.69) is 0 Å². The zero-order chi connectivity index (χ0) is 21.7. The summed E-state index contributed by atoms with van der Waals surface area (Å²) in [4.78, 5) is 13.0. The molecule has 0 aromatic heterocycles. The van der Waals surface area contributed by atoms with E-state index in [1.807, 2.05) is 18.7 Å². The fraction of sp³-hybridized carbons (Fsp3) is 0.632. The maximum atomic E-state index is 11.0. The van der Waals surface area contributed by atoms with E-state index in [-0.39, 0.29) is 23.5 Å². The van der Waals surface area contributed by atoms with Crippen molar-refractivity contribution >= 4 is 6.47 Å². The van der Waals surface area contributed by atoms with E-state index in [0.717, 1.165) is 0 Å². The van der Waals surface area contributed by atoms with Crippen LogP contribution < -0.4 is 4.74 Å². The van der Waals surface area contributed by atoms with E-state index >= 15 is 0 Å². The van der Waals surface area contributed by atoms with Gasteiger partial charge in [0.2, 0.25) is 5.75 Å². The summed E-state index contributed by atoms with van der Waals surface area (Å²) in [5.41, 5.74) is 0.506. The third-order valence-corrected chi connectivity index (χ3v) is 5.22. The second-order valence-electron chi connectivity index (χ2n) is 6.77. The van der Waals surface area contributed by atoms with Gasteiger partial charge in [-0.2, -0.15) is 0 Å². The van der Waals surface area contributed by atoms with Gasteiger partial charge in [-0.3, -0.25) is 9.69 Å². The number of phenolic OH excluding ortho intramolecular Hbond substituents is 2. The lowest BCUT2D eigenvalue weighted by molar-refractivity contribution is -0.237. The molecule has 1 aliphatic rings. The van der Waals surface area contributed by atoms with E-state index in [1.165, 1.54) is 13.2 Å². The summed E-state index contributed by atoms with van der Waals surface area (Å²) in [6, 6.07) is 1.47. The first-order valence-electron chi connectivity index (χ1n) is 9.39. The van der Waals surface area contributed by atoms with Gasteiger partial charge in [0.15, 0.2) is 17.6 Å². The molecule has 2 rings (SSSR count). The number of benzene rings is 1. The minimum Gasteiger partial charge on any atom is -0.504 e. The van der Waals surface area contributed by atoms with Gasteiger partial charge in [-0.05, 0) is 19.2 Å². The molecule has 164 valence electrons. The molecule has 5 N–H and O–H groups in total. The highest BCUT2D eigenvalue weighted by Gasteiger charge is 2.47. The van der Waals surface area contributed by atoms with E-state index in [0.29, 0.717) is 25.2 Å². The molecule has 0 spiro atoms. The summed E-state index contributed by atoms with van der Waals surface area (Å²) in [5.74, 6) is -0.902. The van der Waals surface area contributed by atoms with Crippen molar-refractivity contribution in [3.63, 3.8) is 0 Å². The molecule has 1 saturated heterocycles. The number of hydrogen-bond acceptors (Lipinski definition) is 10. The normalized spacial score (nSPS) is 27.1. The highest BCUT2D eigenvalue weighted by Crippen LogP contribution is 2.47. The number of methoxy groups -OCH3 is 1. The monoisotopic (exact) mass is 415 g/mol. The fourth-order valence-electron chi connectivity index (χ4n) is 3.49. The molecule has 1 aromatic carbocycles. The van der Waals surface area contributed by atoms with E-state index < -0.39 is 42.9 Å². The van der Waals surface area contributed by atoms with Gasteiger partial charge in [-0.25, -0.2) is 0 Å². The molecule has 0 radical (unpaired) electrons.